The van der Waals surface area contributed by atoms with Crippen LogP contribution in [-0.2, 0) is 6.18 Å². The molecule has 1 unspecified atom stereocenters. The molecule has 176 valence electrons. The Morgan fingerprint density at radius 1 is 1.18 bits per heavy atom. The van der Waals surface area contributed by atoms with Crippen LogP contribution in [0.25, 0.3) is 0 Å². The minimum atomic E-state index is -4.70. The summed E-state index contributed by atoms with van der Waals surface area (Å²) in [6, 6.07) is 6.17. The van der Waals surface area contributed by atoms with Gasteiger partial charge in [-0.15, -0.1) is 0 Å². The molecule has 1 aliphatic heterocycles. The number of aromatic nitrogens is 1. The van der Waals surface area contributed by atoms with Crippen molar-refractivity contribution < 1.29 is 40.6 Å². The number of likely N-dealkylation sites (tertiary alicyclic amines) is 1. The summed E-state index contributed by atoms with van der Waals surface area (Å²) in [4.78, 5) is 18.2. The van der Waals surface area contributed by atoms with Crippen LogP contribution in [0, 0.1) is 11.3 Å². The minimum Gasteiger partial charge on any atom is -0.494 e. The average Bonchev–Trinajstić information content (AvgIpc) is 2.71. The van der Waals surface area contributed by atoms with E-state index in [9.17, 15) is 36.4 Å². The van der Waals surface area contributed by atoms with E-state index in [1.165, 1.54) is 17.0 Å². The lowest BCUT2D eigenvalue weighted by Crippen LogP contribution is -2.49. The van der Waals surface area contributed by atoms with Crippen LogP contribution in [0.5, 0.6) is 11.5 Å². The highest BCUT2D eigenvalue weighted by atomic mass is 19.4. The van der Waals surface area contributed by atoms with Gasteiger partial charge in [-0.2, -0.15) is 31.6 Å². The predicted octanol–water partition coefficient (Wildman–Crippen LogP) is 4.55. The van der Waals surface area contributed by atoms with E-state index in [2.05, 4.69) is 4.98 Å². The van der Waals surface area contributed by atoms with Crippen molar-refractivity contribution in [2.45, 2.75) is 31.3 Å². The Morgan fingerprint density at radius 3 is 2.33 bits per heavy atom. The van der Waals surface area contributed by atoms with Crippen LogP contribution in [0.4, 0.5) is 26.3 Å². The number of alkyl halides is 6. The van der Waals surface area contributed by atoms with E-state index in [0.717, 1.165) is 26.2 Å². The first-order valence-electron chi connectivity index (χ1n) is 9.53. The summed E-state index contributed by atoms with van der Waals surface area (Å²) >= 11 is 0. The van der Waals surface area contributed by atoms with Crippen molar-refractivity contribution in [1.82, 2.24) is 9.88 Å². The predicted molar refractivity (Wildman–Crippen MR) is 102 cm³/mol. The number of hydrogen-bond donors (Lipinski definition) is 0. The molecule has 0 saturated carbocycles. The molecule has 33 heavy (non-hydrogen) atoms. The fourth-order valence-electron chi connectivity index (χ4n) is 3.23. The van der Waals surface area contributed by atoms with Gasteiger partial charge in [-0.3, -0.25) is 9.78 Å². The summed E-state index contributed by atoms with van der Waals surface area (Å²) in [5, 5.41) is 9.27. The fraction of sp³-hybridized carbons (Fsp3) is 0.381. The highest BCUT2D eigenvalue weighted by molar-refractivity contribution is 6.01. The number of pyridine rings is 1. The third kappa shape index (κ3) is 4.97. The summed E-state index contributed by atoms with van der Waals surface area (Å²) in [5.41, 5.74) is -0.982. The monoisotopic (exact) mass is 473 g/mol. The van der Waals surface area contributed by atoms with Gasteiger partial charge in [0.05, 0.1) is 18.2 Å². The molecule has 1 fully saturated rings. The smallest absolute Gasteiger partial charge is 0.425 e. The number of hydrogen-bond acceptors (Lipinski definition) is 5. The molecule has 1 aliphatic rings. The number of halogens is 6. The molecule has 3 rings (SSSR count). The van der Waals surface area contributed by atoms with Crippen molar-refractivity contribution in [3.63, 3.8) is 0 Å². The zero-order valence-electron chi connectivity index (χ0n) is 17.3. The number of nitrogens with zero attached hydrogens (tertiary/aromatic N) is 3. The molecular formula is C21H17F6N3O3. The lowest BCUT2D eigenvalue weighted by atomic mass is 9.93. The van der Waals surface area contributed by atoms with Crippen molar-refractivity contribution in [2.75, 3.05) is 20.2 Å². The number of amides is 1. The lowest BCUT2D eigenvalue weighted by molar-refractivity contribution is -0.189. The van der Waals surface area contributed by atoms with E-state index in [-0.39, 0.29) is 35.9 Å². The maximum Gasteiger partial charge on any atom is 0.425 e. The molecule has 0 bridgehead atoms. The molecular weight excluding hydrogens is 456 g/mol. The summed E-state index contributed by atoms with van der Waals surface area (Å²) in [6.07, 6.45) is -10.8. The van der Waals surface area contributed by atoms with Crippen molar-refractivity contribution in [3.05, 3.63) is 52.8 Å². The number of carbonyl (C=O) groups excluding carboxylic acids is 1. The first-order valence-corrected chi connectivity index (χ1v) is 9.53. The van der Waals surface area contributed by atoms with Gasteiger partial charge in [-0.25, -0.2) is 0 Å². The molecule has 2 heterocycles. The Hall–Kier alpha value is -3.49. The SMILES string of the molecule is COc1c(C#N)ccc(OC(C)C(F)(F)F)c1C(=O)N1CC(c2ccc(C(F)(F)F)cn2)C1. The van der Waals surface area contributed by atoms with E-state index >= 15 is 0 Å². The molecule has 0 N–H and O–H groups in total. The molecule has 6 nitrogen and oxygen atoms in total. The van der Waals surface area contributed by atoms with Crippen LogP contribution < -0.4 is 9.47 Å². The molecule has 0 radical (unpaired) electrons. The number of carbonyl (C=O) groups is 1. The average molecular weight is 473 g/mol. The highest BCUT2D eigenvalue weighted by Crippen LogP contribution is 2.38. The second-order valence-corrected chi connectivity index (χ2v) is 7.31. The maximum atomic E-state index is 13.1. The molecule has 1 saturated heterocycles. The number of methoxy groups -OCH3 is 1. The lowest BCUT2D eigenvalue weighted by Gasteiger charge is -2.39. The Labute approximate surface area is 184 Å². The van der Waals surface area contributed by atoms with E-state index in [1.54, 1.807) is 6.07 Å². The molecule has 2 aromatic rings. The van der Waals surface area contributed by atoms with Crippen LogP contribution in [0.2, 0.25) is 0 Å². The Morgan fingerprint density at radius 2 is 1.85 bits per heavy atom. The second kappa shape index (κ2) is 8.80. The topological polar surface area (TPSA) is 75.5 Å². The van der Waals surface area contributed by atoms with Crippen LogP contribution in [0.15, 0.2) is 30.5 Å². The van der Waals surface area contributed by atoms with Gasteiger partial charge in [0.1, 0.15) is 17.4 Å². The highest BCUT2D eigenvalue weighted by Gasteiger charge is 2.41. The zero-order valence-corrected chi connectivity index (χ0v) is 17.3. The van der Waals surface area contributed by atoms with Crippen LogP contribution in [-0.4, -0.2) is 48.3 Å². The fourth-order valence-corrected chi connectivity index (χ4v) is 3.23. The van der Waals surface area contributed by atoms with E-state index in [0.29, 0.717) is 11.9 Å². The molecule has 1 amide bonds. The van der Waals surface area contributed by atoms with E-state index in [1.807, 2.05) is 0 Å². The summed E-state index contributed by atoms with van der Waals surface area (Å²) in [5.74, 6) is -1.74. The van der Waals surface area contributed by atoms with Crippen LogP contribution >= 0.6 is 0 Å². The number of nitriles is 1. The van der Waals surface area contributed by atoms with Gasteiger partial charge in [-0.1, -0.05) is 0 Å². The summed E-state index contributed by atoms with van der Waals surface area (Å²) in [6.45, 7) is 0.895. The first kappa shape index (κ1) is 24.2. The van der Waals surface area contributed by atoms with Crippen LogP contribution in [0.1, 0.15) is 40.0 Å². The summed E-state index contributed by atoms with van der Waals surface area (Å²) < 4.78 is 87.2. The van der Waals surface area contributed by atoms with Gasteiger partial charge in [0.15, 0.2) is 11.9 Å². The molecule has 1 atom stereocenters. The molecule has 0 aliphatic carbocycles. The third-order valence-electron chi connectivity index (χ3n) is 5.12. The largest absolute Gasteiger partial charge is 0.494 e. The van der Waals surface area contributed by atoms with E-state index in [4.69, 9.17) is 9.47 Å². The van der Waals surface area contributed by atoms with Crippen molar-refractivity contribution in [1.29, 1.82) is 5.26 Å². The number of benzene rings is 1. The maximum absolute atomic E-state index is 13.1. The van der Waals surface area contributed by atoms with Gasteiger partial charge < -0.3 is 14.4 Å². The van der Waals surface area contributed by atoms with Crippen molar-refractivity contribution >= 4 is 5.91 Å². The Balaban J connectivity index is 1.84. The third-order valence-corrected chi connectivity index (χ3v) is 5.12. The van der Waals surface area contributed by atoms with Gasteiger partial charge in [-0.05, 0) is 31.2 Å². The summed E-state index contributed by atoms with van der Waals surface area (Å²) in [7, 11) is 1.16. The van der Waals surface area contributed by atoms with Crippen molar-refractivity contribution in [3.8, 4) is 17.6 Å². The molecule has 0 spiro atoms. The van der Waals surface area contributed by atoms with Crippen molar-refractivity contribution in [2.24, 2.45) is 0 Å². The first-order chi connectivity index (χ1) is 15.4. The van der Waals surface area contributed by atoms with Gasteiger partial charge in [0, 0.05) is 30.9 Å². The van der Waals surface area contributed by atoms with Gasteiger partial charge >= 0.3 is 12.4 Å². The standard InChI is InChI=1S/C21H17F6N3O3/c1-11(20(22,23)24)33-16-6-3-12(7-28)18(32-2)17(16)19(31)30-9-13(10-30)15-5-4-14(8-29-15)21(25,26)27/h3-6,8,11,13H,9-10H2,1-2H3. The molecule has 12 heteroatoms. The number of rotatable bonds is 5. The molecule has 1 aromatic carbocycles. The van der Waals surface area contributed by atoms with E-state index < -0.39 is 35.7 Å². The number of ether oxygens (including phenoxy) is 2. The van der Waals surface area contributed by atoms with Gasteiger partial charge in [0.2, 0.25) is 0 Å². The van der Waals surface area contributed by atoms with Gasteiger partial charge in [0.25, 0.3) is 5.91 Å². The normalized spacial score (nSPS) is 15.4. The zero-order chi connectivity index (χ0) is 24.6. The molecule has 1 aromatic heterocycles. The Kier molecular flexibility index (Phi) is 6.44. The second-order valence-electron chi connectivity index (χ2n) is 7.31. The quantitative estimate of drug-likeness (QED) is 0.596. The van der Waals surface area contributed by atoms with Crippen LogP contribution in [0.3, 0.4) is 0 Å². The minimum absolute atomic E-state index is 0.0609. The Bertz CT molecular complexity index is 1070.